The van der Waals surface area contributed by atoms with Crippen molar-refractivity contribution in [3.05, 3.63) is 101 Å². The van der Waals surface area contributed by atoms with Gasteiger partial charge in [-0.1, -0.05) is 90.8 Å². The number of benzene rings is 3. The Morgan fingerprint density at radius 3 is 2.21 bits per heavy atom. The lowest BCUT2D eigenvalue weighted by atomic mass is 10.0. The highest BCUT2D eigenvalue weighted by atomic mass is 35.5. The molecule has 0 bridgehead atoms. The smallest absolute Gasteiger partial charge is 0.244 e. The number of carbonyl (C=O) groups excluding carboxylic acids is 2. The first-order valence-corrected chi connectivity index (χ1v) is 15.1. The molecule has 0 heterocycles. The van der Waals surface area contributed by atoms with Crippen LogP contribution in [0, 0.1) is 6.92 Å². The van der Waals surface area contributed by atoms with E-state index in [0.29, 0.717) is 0 Å². The molecular weight excluding hydrogens is 534 g/mol. The number of halogens is 1. The average Bonchev–Trinajstić information content (AvgIpc) is 2.89. The first-order valence-electron chi connectivity index (χ1n) is 12.9. The Labute approximate surface area is 236 Å². The number of aryl methyl sites for hydroxylation is 1. The summed E-state index contributed by atoms with van der Waals surface area (Å²) < 4.78 is 26.7. The number of sulfonamides is 1. The zero-order chi connectivity index (χ0) is 28.6. The van der Waals surface area contributed by atoms with Crippen LogP contribution in [-0.4, -0.2) is 50.0 Å². The number of para-hydroxylation sites is 1. The van der Waals surface area contributed by atoms with E-state index < -0.39 is 28.5 Å². The van der Waals surface area contributed by atoms with Crippen molar-refractivity contribution in [1.29, 1.82) is 0 Å². The van der Waals surface area contributed by atoms with Gasteiger partial charge in [-0.25, -0.2) is 8.42 Å². The second-order valence-corrected chi connectivity index (χ2v) is 12.1. The highest BCUT2D eigenvalue weighted by Gasteiger charge is 2.33. The zero-order valence-corrected chi connectivity index (χ0v) is 24.4. The predicted molar refractivity (Wildman–Crippen MR) is 157 cm³/mol. The lowest BCUT2D eigenvalue weighted by Gasteiger charge is -2.34. The van der Waals surface area contributed by atoms with Crippen LogP contribution >= 0.6 is 11.6 Å². The van der Waals surface area contributed by atoms with Crippen molar-refractivity contribution in [3.63, 3.8) is 0 Å². The molecule has 3 aromatic carbocycles. The topological polar surface area (TPSA) is 86.8 Å². The maximum atomic E-state index is 14.1. The van der Waals surface area contributed by atoms with Gasteiger partial charge in [-0.3, -0.25) is 13.9 Å². The molecule has 7 nitrogen and oxygen atoms in total. The van der Waals surface area contributed by atoms with Gasteiger partial charge in [0.15, 0.2) is 0 Å². The standard InChI is InChI=1S/C30H36ClN3O4S/c1-5-23(3)32-30(36)28(19-24-13-7-6-8-14-24)33(20-25-15-11-12-22(2)18-25)29(35)21-34(39(4,37)38)27-17-10-9-16-26(27)31/h6-18,23,28H,5,19-21H2,1-4H3,(H,32,36)/t23-,28-/m0/s1. The van der Waals surface area contributed by atoms with Crippen molar-refractivity contribution in [1.82, 2.24) is 10.2 Å². The Bertz CT molecular complexity index is 1380. The summed E-state index contributed by atoms with van der Waals surface area (Å²) in [5, 5.41) is 3.23. The van der Waals surface area contributed by atoms with Gasteiger partial charge in [0.2, 0.25) is 21.8 Å². The first kappa shape index (κ1) is 30.2. The van der Waals surface area contributed by atoms with E-state index in [4.69, 9.17) is 11.6 Å². The Morgan fingerprint density at radius 1 is 0.949 bits per heavy atom. The van der Waals surface area contributed by atoms with Gasteiger partial charge in [0, 0.05) is 19.0 Å². The monoisotopic (exact) mass is 569 g/mol. The predicted octanol–water partition coefficient (Wildman–Crippen LogP) is 4.97. The van der Waals surface area contributed by atoms with E-state index in [1.807, 2.05) is 75.4 Å². The van der Waals surface area contributed by atoms with Crippen LogP contribution < -0.4 is 9.62 Å². The second kappa shape index (κ2) is 13.6. The normalized spacial score (nSPS) is 12.8. The minimum atomic E-state index is -3.88. The van der Waals surface area contributed by atoms with Crippen molar-refractivity contribution < 1.29 is 18.0 Å². The average molecular weight is 570 g/mol. The molecule has 0 saturated heterocycles. The van der Waals surface area contributed by atoms with E-state index in [1.54, 1.807) is 24.3 Å². The largest absolute Gasteiger partial charge is 0.352 e. The number of rotatable bonds is 12. The summed E-state index contributed by atoms with van der Waals surface area (Å²) in [7, 11) is -3.88. The van der Waals surface area contributed by atoms with Gasteiger partial charge in [0.05, 0.1) is 17.0 Å². The minimum absolute atomic E-state index is 0.0951. The molecule has 3 aromatic rings. The summed E-state index contributed by atoms with van der Waals surface area (Å²) in [6.45, 7) is 5.46. The summed E-state index contributed by atoms with van der Waals surface area (Å²) in [5.74, 6) is -0.806. The third-order valence-corrected chi connectivity index (χ3v) is 7.95. The molecule has 3 rings (SSSR count). The number of carbonyl (C=O) groups is 2. The third kappa shape index (κ3) is 8.57. The second-order valence-electron chi connectivity index (χ2n) is 9.76. The Balaban J connectivity index is 2.07. The summed E-state index contributed by atoms with van der Waals surface area (Å²) >= 11 is 6.33. The molecule has 0 aliphatic heterocycles. The van der Waals surface area contributed by atoms with E-state index in [1.165, 1.54) is 4.90 Å². The van der Waals surface area contributed by atoms with E-state index in [0.717, 1.165) is 33.7 Å². The van der Waals surface area contributed by atoms with Crippen LogP contribution in [0.3, 0.4) is 0 Å². The van der Waals surface area contributed by atoms with Crippen LogP contribution in [0.2, 0.25) is 5.02 Å². The molecule has 0 radical (unpaired) electrons. The first-order chi connectivity index (χ1) is 18.5. The fourth-order valence-electron chi connectivity index (χ4n) is 4.25. The summed E-state index contributed by atoms with van der Waals surface area (Å²) in [6.07, 6.45) is 2.03. The molecule has 2 atom stereocenters. The Hall–Kier alpha value is -3.36. The highest BCUT2D eigenvalue weighted by Crippen LogP contribution is 2.27. The van der Waals surface area contributed by atoms with Crippen molar-refractivity contribution >= 4 is 39.1 Å². The lowest BCUT2D eigenvalue weighted by Crippen LogP contribution is -2.54. The quantitative estimate of drug-likeness (QED) is 0.334. The number of hydrogen-bond acceptors (Lipinski definition) is 4. The Morgan fingerprint density at radius 2 is 1.59 bits per heavy atom. The molecule has 0 unspecified atom stereocenters. The van der Waals surface area contributed by atoms with Gasteiger partial charge in [0.1, 0.15) is 12.6 Å². The molecule has 1 N–H and O–H groups in total. The van der Waals surface area contributed by atoms with Gasteiger partial charge in [-0.15, -0.1) is 0 Å². The van der Waals surface area contributed by atoms with Gasteiger partial charge in [0.25, 0.3) is 0 Å². The fourth-order valence-corrected chi connectivity index (χ4v) is 5.40. The Kier molecular flexibility index (Phi) is 10.5. The molecule has 0 saturated carbocycles. The molecule has 0 aromatic heterocycles. The molecule has 0 aliphatic rings. The summed E-state index contributed by atoms with van der Waals surface area (Å²) in [4.78, 5) is 29.2. The van der Waals surface area contributed by atoms with Gasteiger partial charge in [-0.2, -0.15) is 0 Å². The van der Waals surface area contributed by atoms with Crippen LogP contribution in [-0.2, 0) is 32.6 Å². The summed E-state index contributed by atoms with van der Waals surface area (Å²) in [5.41, 5.74) is 2.93. The van der Waals surface area contributed by atoms with Crippen LogP contribution in [0.25, 0.3) is 0 Å². The molecule has 2 amide bonds. The molecule has 0 fully saturated rings. The van der Waals surface area contributed by atoms with Crippen molar-refractivity contribution in [2.45, 2.75) is 52.2 Å². The number of anilines is 1. The molecule has 9 heteroatoms. The third-order valence-electron chi connectivity index (χ3n) is 6.51. The van der Waals surface area contributed by atoms with Crippen molar-refractivity contribution in [2.75, 3.05) is 17.1 Å². The van der Waals surface area contributed by atoms with Crippen LogP contribution in [0.1, 0.15) is 37.0 Å². The SMILES string of the molecule is CC[C@H](C)NC(=O)[C@H](Cc1ccccc1)N(Cc1cccc(C)c1)C(=O)CN(c1ccccc1Cl)S(C)(=O)=O. The maximum absolute atomic E-state index is 14.1. The maximum Gasteiger partial charge on any atom is 0.244 e. The van der Waals surface area contributed by atoms with E-state index in [2.05, 4.69) is 5.32 Å². The molecule has 0 aliphatic carbocycles. The molecule has 208 valence electrons. The van der Waals surface area contributed by atoms with Crippen LogP contribution in [0.4, 0.5) is 5.69 Å². The lowest BCUT2D eigenvalue weighted by molar-refractivity contribution is -0.140. The zero-order valence-electron chi connectivity index (χ0n) is 22.8. The van der Waals surface area contributed by atoms with E-state index in [-0.39, 0.29) is 35.6 Å². The minimum Gasteiger partial charge on any atom is -0.352 e. The molecule has 39 heavy (non-hydrogen) atoms. The van der Waals surface area contributed by atoms with E-state index >= 15 is 0 Å². The van der Waals surface area contributed by atoms with Crippen LogP contribution in [0.5, 0.6) is 0 Å². The number of nitrogens with zero attached hydrogens (tertiary/aromatic N) is 2. The number of amides is 2. The number of nitrogens with one attached hydrogen (secondary N) is 1. The molecule has 0 spiro atoms. The van der Waals surface area contributed by atoms with Gasteiger partial charge >= 0.3 is 0 Å². The summed E-state index contributed by atoms with van der Waals surface area (Å²) in [6, 6.07) is 22.7. The van der Waals surface area contributed by atoms with Crippen molar-refractivity contribution in [3.8, 4) is 0 Å². The fraction of sp³-hybridized carbons (Fsp3) is 0.333. The van der Waals surface area contributed by atoms with Crippen LogP contribution in [0.15, 0.2) is 78.9 Å². The van der Waals surface area contributed by atoms with E-state index in [9.17, 15) is 18.0 Å². The van der Waals surface area contributed by atoms with Gasteiger partial charge in [-0.05, 0) is 43.5 Å². The van der Waals surface area contributed by atoms with Gasteiger partial charge < -0.3 is 10.2 Å². The number of hydrogen-bond donors (Lipinski definition) is 1. The van der Waals surface area contributed by atoms with Crippen molar-refractivity contribution in [2.24, 2.45) is 0 Å². The molecular formula is C30H36ClN3O4S. The highest BCUT2D eigenvalue weighted by molar-refractivity contribution is 7.92.